The molecule has 0 N–H and O–H groups in total. The summed E-state index contributed by atoms with van der Waals surface area (Å²) in [5.41, 5.74) is 0. The van der Waals surface area contributed by atoms with Crippen LogP contribution in [0.15, 0.2) is 0 Å². The summed E-state index contributed by atoms with van der Waals surface area (Å²) in [5.74, 6) is 0. The van der Waals surface area contributed by atoms with Crippen LogP contribution in [0.5, 0.6) is 0 Å². The predicted octanol–water partition coefficient (Wildman–Crippen LogP) is 0.415. The Morgan fingerprint density at radius 2 is 1.67 bits per heavy atom. The molecule has 53 valence electrons. The maximum absolute atomic E-state index is 2.36. The molecule has 0 aromatic carbocycles. The molecule has 1 heterocycles. The summed E-state index contributed by atoms with van der Waals surface area (Å²) in [6.07, 6.45) is 0. The lowest BCUT2D eigenvalue weighted by Gasteiger charge is -2.30. The van der Waals surface area contributed by atoms with Crippen LogP contribution in [0.2, 0.25) is 0 Å². The SMILES string of the molecule is C[CH]N1CCN(C)CC1. The van der Waals surface area contributed by atoms with Crippen LogP contribution < -0.4 is 0 Å². The largest absolute Gasteiger partial charge is 0.304 e. The maximum atomic E-state index is 2.36. The number of likely N-dealkylation sites (N-methyl/N-ethyl adjacent to an activating group) is 1. The smallest absolute Gasteiger partial charge is 0.0221 e. The van der Waals surface area contributed by atoms with E-state index >= 15 is 0 Å². The lowest BCUT2D eigenvalue weighted by atomic mass is 10.3. The van der Waals surface area contributed by atoms with Crippen molar-refractivity contribution in [1.82, 2.24) is 9.80 Å². The summed E-state index contributed by atoms with van der Waals surface area (Å²) >= 11 is 0. The minimum atomic E-state index is 1.20. The zero-order valence-electron chi connectivity index (χ0n) is 6.30. The third-order valence-corrected chi connectivity index (χ3v) is 1.90. The summed E-state index contributed by atoms with van der Waals surface area (Å²) in [4.78, 5) is 4.72. The Kier molecular flexibility index (Phi) is 2.49. The van der Waals surface area contributed by atoms with Gasteiger partial charge in [-0.2, -0.15) is 0 Å². The first-order chi connectivity index (χ1) is 4.33. The van der Waals surface area contributed by atoms with Crippen LogP contribution in [-0.4, -0.2) is 43.0 Å². The first-order valence-electron chi connectivity index (χ1n) is 3.55. The number of rotatable bonds is 1. The van der Waals surface area contributed by atoms with Gasteiger partial charge in [-0.25, -0.2) is 0 Å². The predicted molar refractivity (Wildman–Crippen MR) is 39.0 cm³/mol. The van der Waals surface area contributed by atoms with E-state index in [1.807, 2.05) is 0 Å². The molecule has 1 radical (unpaired) electrons. The van der Waals surface area contributed by atoms with E-state index in [-0.39, 0.29) is 0 Å². The van der Waals surface area contributed by atoms with Gasteiger partial charge in [0.05, 0.1) is 0 Å². The Morgan fingerprint density at radius 3 is 2.11 bits per heavy atom. The summed E-state index contributed by atoms with van der Waals surface area (Å²) in [6.45, 7) is 9.10. The highest BCUT2D eigenvalue weighted by Gasteiger charge is 2.10. The topological polar surface area (TPSA) is 6.48 Å². The van der Waals surface area contributed by atoms with Gasteiger partial charge in [-0.15, -0.1) is 0 Å². The van der Waals surface area contributed by atoms with E-state index in [9.17, 15) is 0 Å². The normalized spacial score (nSPS) is 24.7. The Labute approximate surface area is 57.4 Å². The molecule has 9 heavy (non-hydrogen) atoms. The highest BCUT2D eigenvalue weighted by atomic mass is 15.2. The van der Waals surface area contributed by atoms with Crippen LogP contribution in [0, 0.1) is 6.54 Å². The standard InChI is InChI=1S/C7H15N2/c1-3-9-6-4-8(2)5-7-9/h3H,4-7H2,1-2H3. The minimum absolute atomic E-state index is 1.20. The number of hydrogen-bond donors (Lipinski definition) is 0. The van der Waals surface area contributed by atoms with Gasteiger partial charge >= 0.3 is 0 Å². The van der Waals surface area contributed by atoms with Gasteiger partial charge in [0, 0.05) is 32.7 Å². The fourth-order valence-electron chi connectivity index (χ4n) is 1.08. The van der Waals surface area contributed by atoms with E-state index in [0.29, 0.717) is 0 Å². The second-order valence-corrected chi connectivity index (χ2v) is 2.60. The molecular formula is C7H15N2. The lowest BCUT2D eigenvalue weighted by Crippen LogP contribution is -2.42. The van der Waals surface area contributed by atoms with Crippen LogP contribution in [0.4, 0.5) is 0 Å². The van der Waals surface area contributed by atoms with E-state index in [4.69, 9.17) is 0 Å². The summed E-state index contributed by atoms with van der Waals surface area (Å²) < 4.78 is 0. The molecule has 0 bridgehead atoms. The van der Waals surface area contributed by atoms with Crippen molar-refractivity contribution in [3.8, 4) is 0 Å². The van der Waals surface area contributed by atoms with E-state index < -0.39 is 0 Å². The monoisotopic (exact) mass is 127 g/mol. The molecule has 1 rings (SSSR count). The zero-order chi connectivity index (χ0) is 6.69. The van der Waals surface area contributed by atoms with Crippen molar-refractivity contribution in [2.24, 2.45) is 0 Å². The van der Waals surface area contributed by atoms with Crippen LogP contribution in [-0.2, 0) is 0 Å². The third-order valence-electron chi connectivity index (χ3n) is 1.90. The quantitative estimate of drug-likeness (QED) is 0.503. The molecule has 0 saturated carbocycles. The molecule has 1 aliphatic heterocycles. The molecule has 0 atom stereocenters. The van der Waals surface area contributed by atoms with E-state index in [1.165, 1.54) is 26.2 Å². The average molecular weight is 127 g/mol. The molecule has 0 aliphatic carbocycles. The first-order valence-corrected chi connectivity index (χ1v) is 3.55. The lowest BCUT2D eigenvalue weighted by molar-refractivity contribution is 0.183. The van der Waals surface area contributed by atoms with E-state index in [2.05, 4.69) is 30.3 Å². The molecule has 2 heteroatoms. The van der Waals surface area contributed by atoms with Gasteiger partial charge < -0.3 is 4.90 Å². The van der Waals surface area contributed by atoms with Gasteiger partial charge in [-0.05, 0) is 14.0 Å². The molecule has 1 fully saturated rings. The molecule has 0 aromatic rings. The van der Waals surface area contributed by atoms with Crippen molar-refractivity contribution >= 4 is 0 Å². The van der Waals surface area contributed by atoms with E-state index in [1.54, 1.807) is 0 Å². The van der Waals surface area contributed by atoms with Crippen molar-refractivity contribution in [2.45, 2.75) is 6.92 Å². The van der Waals surface area contributed by atoms with Crippen molar-refractivity contribution in [2.75, 3.05) is 33.2 Å². The van der Waals surface area contributed by atoms with Gasteiger partial charge in [0.1, 0.15) is 0 Å². The van der Waals surface area contributed by atoms with Crippen molar-refractivity contribution in [3.63, 3.8) is 0 Å². The molecule has 2 nitrogen and oxygen atoms in total. The van der Waals surface area contributed by atoms with Crippen LogP contribution in [0.25, 0.3) is 0 Å². The molecule has 0 unspecified atom stereocenters. The zero-order valence-corrected chi connectivity index (χ0v) is 6.30. The van der Waals surface area contributed by atoms with Crippen molar-refractivity contribution < 1.29 is 0 Å². The second-order valence-electron chi connectivity index (χ2n) is 2.60. The number of nitrogens with zero attached hydrogens (tertiary/aromatic N) is 2. The van der Waals surface area contributed by atoms with Crippen LogP contribution >= 0.6 is 0 Å². The maximum Gasteiger partial charge on any atom is 0.0221 e. The Morgan fingerprint density at radius 1 is 1.11 bits per heavy atom. The number of hydrogen-bond acceptors (Lipinski definition) is 2. The molecule has 0 amide bonds. The van der Waals surface area contributed by atoms with Gasteiger partial charge in [0.15, 0.2) is 0 Å². The van der Waals surface area contributed by atoms with Crippen molar-refractivity contribution in [3.05, 3.63) is 6.54 Å². The summed E-state index contributed by atoms with van der Waals surface area (Å²) in [7, 11) is 2.17. The van der Waals surface area contributed by atoms with Gasteiger partial charge in [0.2, 0.25) is 0 Å². The Hall–Kier alpha value is -0.0800. The number of piperazine rings is 1. The van der Waals surface area contributed by atoms with Gasteiger partial charge in [-0.3, -0.25) is 4.90 Å². The molecule has 0 spiro atoms. The molecule has 1 aliphatic rings. The minimum Gasteiger partial charge on any atom is -0.304 e. The van der Waals surface area contributed by atoms with Gasteiger partial charge in [-0.1, -0.05) is 0 Å². The molecular weight excluding hydrogens is 112 g/mol. The van der Waals surface area contributed by atoms with Crippen LogP contribution in [0.3, 0.4) is 0 Å². The summed E-state index contributed by atoms with van der Waals surface area (Å²) in [6, 6.07) is 0. The third kappa shape index (κ3) is 1.95. The summed E-state index contributed by atoms with van der Waals surface area (Å²) in [5, 5.41) is 0. The van der Waals surface area contributed by atoms with Crippen LogP contribution in [0.1, 0.15) is 6.92 Å². The fraction of sp³-hybridized carbons (Fsp3) is 0.857. The molecule has 1 saturated heterocycles. The second kappa shape index (κ2) is 3.18. The Bertz CT molecular complexity index is 75.0. The van der Waals surface area contributed by atoms with Crippen molar-refractivity contribution in [1.29, 1.82) is 0 Å². The first kappa shape index (κ1) is 7.03. The highest BCUT2D eigenvalue weighted by molar-refractivity contribution is 4.72. The van der Waals surface area contributed by atoms with E-state index in [0.717, 1.165) is 0 Å². The highest BCUT2D eigenvalue weighted by Crippen LogP contribution is 1.99. The molecule has 0 aromatic heterocycles. The fourth-order valence-corrected chi connectivity index (χ4v) is 1.08. The average Bonchev–Trinajstić information content (AvgIpc) is 1.90. The Balaban J connectivity index is 2.18. The van der Waals surface area contributed by atoms with Gasteiger partial charge in [0.25, 0.3) is 0 Å².